The van der Waals surface area contributed by atoms with E-state index < -0.39 is 0 Å². The van der Waals surface area contributed by atoms with Crippen LogP contribution in [0.25, 0.3) is 0 Å². The molecule has 0 aliphatic carbocycles. The zero-order chi connectivity index (χ0) is 16.1. The van der Waals surface area contributed by atoms with E-state index in [1.54, 1.807) is 11.8 Å². The average Bonchev–Trinajstić information content (AvgIpc) is 2.89. The molecule has 1 fully saturated rings. The Morgan fingerprint density at radius 3 is 2.55 bits per heavy atom. The van der Waals surface area contributed by atoms with Gasteiger partial charge in [0.2, 0.25) is 5.91 Å². The van der Waals surface area contributed by atoms with Crippen molar-refractivity contribution in [2.45, 2.75) is 38.8 Å². The van der Waals surface area contributed by atoms with Gasteiger partial charge in [-0.05, 0) is 40.1 Å². The van der Waals surface area contributed by atoms with Crippen molar-refractivity contribution in [2.24, 2.45) is 0 Å². The predicted molar refractivity (Wildman–Crippen MR) is 90.0 cm³/mol. The summed E-state index contributed by atoms with van der Waals surface area (Å²) in [5.41, 5.74) is 0. The van der Waals surface area contributed by atoms with Crippen LogP contribution < -0.4 is 0 Å². The number of hydrogen-bond donors (Lipinski definition) is 0. The molecule has 2 rings (SSSR count). The highest BCUT2D eigenvalue weighted by molar-refractivity contribution is 7.99. The van der Waals surface area contributed by atoms with E-state index >= 15 is 0 Å². The van der Waals surface area contributed by atoms with E-state index in [2.05, 4.69) is 26.6 Å². The van der Waals surface area contributed by atoms with Gasteiger partial charge in [-0.3, -0.25) is 4.79 Å². The zero-order valence-corrected chi connectivity index (χ0v) is 14.9. The summed E-state index contributed by atoms with van der Waals surface area (Å²) in [6.45, 7) is 5.53. The van der Waals surface area contributed by atoms with Crippen LogP contribution in [0.15, 0.2) is 0 Å². The van der Waals surface area contributed by atoms with Gasteiger partial charge in [0, 0.05) is 25.6 Å². The van der Waals surface area contributed by atoms with Crippen molar-refractivity contribution in [1.29, 1.82) is 0 Å². The monoisotopic (exact) mass is 325 g/mol. The smallest absolute Gasteiger partial charge is 0.232 e. The van der Waals surface area contributed by atoms with E-state index in [-0.39, 0.29) is 5.91 Å². The first kappa shape index (κ1) is 17.3. The maximum atomic E-state index is 12.0. The molecule has 0 bridgehead atoms. The lowest BCUT2D eigenvalue weighted by molar-refractivity contribution is -0.129. The number of aromatic nitrogens is 3. The third-order valence-electron chi connectivity index (χ3n) is 4.11. The van der Waals surface area contributed by atoms with E-state index in [0.29, 0.717) is 11.7 Å². The number of piperidine rings is 1. The van der Waals surface area contributed by atoms with Gasteiger partial charge in [-0.25, -0.2) is 0 Å². The minimum Gasteiger partial charge on any atom is -0.342 e. The first-order chi connectivity index (χ1) is 10.6. The molecule has 1 saturated heterocycles. The lowest BCUT2D eigenvalue weighted by atomic mass is 9.96. The largest absolute Gasteiger partial charge is 0.342 e. The Morgan fingerprint density at radius 1 is 1.32 bits per heavy atom. The number of amides is 1. The van der Waals surface area contributed by atoms with Crippen LogP contribution in [0.2, 0.25) is 0 Å². The molecule has 124 valence electrons. The molecule has 0 spiro atoms. The topological polar surface area (TPSA) is 54.3 Å². The van der Waals surface area contributed by atoms with Crippen LogP contribution in [0.4, 0.5) is 0 Å². The molecule has 1 aliphatic rings. The number of hydrogen-bond acceptors (Lipinski definition) is 5. The van der Waals surface area contributed by atoms with Crippen LogP contribution in [0.1, 0.15) is 37.3 Å². The number of carbonyl (C=O) groups is 1. The molecular formula is C15H27N5OS. The van der Waals surface area contributed by atoms with Crippen molar-refractivity contribution in [3.05, 3.63) is 11.6 Å². The summed E-state index contributed by atoms with van der Waals surface area (Å²) in [6, 6.07) is 0. The number of likely N-dealkylation sites (tertiary alicyclic amines) is 1. The second kappa shape index (κ2) is 7.97. The molecule has 0 radical (unpaired) electrons. The van der Waals surface area contributed by atoms with Crippen molar-refractivity contribution in [2.75, 3.05) is 39.2 Å². The van der Waals surface area contributed by atoms with E-state index in [0.717, 1.165) is 50.7 Å². The lowest BCUT2D eigenvalue weighted by Crippen LogP contribution is -2.39. The average molecular weight is 325 g/mol. The molecule has 0 saturated carbocycles. The first-order valence-electron chi connectivity index (χ1n) is 7.90. The molecule has 0 N–H and O–H groups in total. The molecule has 1 aliphatic heterocycles. The van der Waals surface area contributed by atoms with E-state index in [4.69, 9.17) is 0 Å². The fraction of sp³-hybridized carbons (Fsp3) is 0.800. The third kappa shape index (κ3) is 4.01. The van der Waals surface area contributed by atoms with Gasteiger partial charge in [0.05, 0.1) is 12.3 Å². The Hall–Kier alpha value is -1.08. The van der Waals surface area contributed by atoms with Gasteiger partial charge in [0.1, 0.15) is 11.6 Å². The van der Waals surface area contributed by atoms with E-state index in [9.17, 15) is 4.79 Å². The standard InChI is InChI=1S/C15H27N5OS/c1-5-20-13(10-18(2)3)16-17-15(20)12-6-8-19(9-7-12)14(21)11-22-4/h12H,5-11H2,1-4H3. The van der Waals surface area contributed by atoms with Crippen molar-refractivity contribution < 1.29 is 4.79 Å². The minimum absolute atomic E-state index is 0.260. The molecule has 22 heavy (non-hydrogen) atoms. The highest BCUT2D eigenvalue weighted by Crippen LogP contribution is 2.27. The van der Waals surface area contributed by atoms with E-state index in [1.165, 1.54) is 0 Å². The zero-order valence-electron chi connectivity index (χ0n) is 14.1. The van der Waals surface area contributed by atoms with Gasteiger partial charge in [-0.15, -0.1) is 10.2 Å². The number of nitrogens with zero attached hydrogens (tertiary/aromatic N) is 5. The number of carbonyl (C=O) groups excluding carboxylic acids is 1. The molecule has 0 aromatic carbocycles. The van der Waals surface area contributed by atoms with Gasteiger partial charge < -0.3 is 14.4 Å². The van der Waals surface area contributed by atoms with Gasteiger partial charge in [0.25, 0.3) is 0 Å². The molecule has 6 nitrogen and oxygen atoms in total. The number of rotatable bonds is 6. The summed E-state index contributed by atoms with van der Waals surface area (Å²) in [5, 5.41) is 8.82. The maximum Gasteiger partial charge on any atom is 0.232 e. The first-order valence-corrected chi connectivity index (χ1v) is 9.29. The summed E-state index contributed by atoms with van der Waals surface area (Å²) in [4.78, 5) is 16.1. The van der Waals surface area contributed by atoms with Crippen LogP contribution in [0, 0.1) is 0 Å². The summed E-state index contributed by atoms with van der Waals surface area (Å²) in [7, 11) is 4.09. The molecule has 0 atom stereocenters. The normalized spacial score (nSPS) is 16.5. The summed E-state index contributed by atoms with van der Waals surface area (Å²) in [5.74, 6) is 3.39. The second-order valence-corrected chi connectivity index (χ2v) is 6.91. The van der Waals surface area contributed by atoms with Crippen LogP contribution in [0.5, 0.6) is 0 Å². The Balaban J connectivity index is 2.02. The SMILES string of the molecule is CCn1c(CN(C)C)nnc1C1CCN(C(=O)CSC)CC1. The molecule has 1 aromatic heterocycles. The molecular weight excluding hydrogens is 298 g/mol. The highest BCUT2D eigenvalue weighted by Gasteiger charge is 2.27. The van der Waals surface area contributed by atoms with E-state index in [1.807, 2.05) is 25.3 Å². The van der Waals surface area contributed by atoms with Crippen LogP contribution in [-0.4, -0.2) is 69.7 Å². The van der Waals surface area contributed by atoms with Crippen molar-refractivity contribution in [3.8, 4) is 0 Å². The second-order valence-electron chi connectivity index (χ2n) is 6.04. The van der Waals surface area contributed by atoms with Gasteiger partial charge in [-0.2, -0.15) is 11.8 Å². The quantitative estimate of drug-likeness (QED) is 0.792. The molecule has 7 heteroatoms. The van der Waals surface area contributed by atoms with Crippen molar-refractivity contribution in [3.63, 3.8) is 0 Å². The lowest BCUT2D eigenvalue weighted by Gasteiger charge is -2.31. The van der Waals surface area contributed by atoms with Crippen LogP contribution >= 0.6 is 11.8 Å². The maximum absolute atomic E-state index is 12.0. The Kier molecular flexibility index (Phi) is 6.26. The minimum atomic E-state index is 0.260. The van der Waals surface area contributed by atoms with Gasteiger partial charge in [0.15, 0.2) is 0 Å². The third-order valence-corrected chi connectivity index (χ3v) is 4.65. The molecule has 0 unspecified atom stereocenters. The fourth-order valence-electron chi connectivity index (χ4n) is 3.00. The molecule has 1 aromatic rings. The Morgan fingerprint density at radius 2 is 2.00 bits per heavy atom. The van der Waals surface area contributed by atoms with Crippen molar-refractivity contribution in [1.82, 2.24) is 24.6 Å². The summed E-state index contributed by atoms with van der Waals surface area (Å²) < 4.78 is 2.24. The van der Waals surface area contributed by atoms with Crippen LogP contribution in [-0.2, 0) is 17.9 Å². The summed E-state index contributed by atoms with van der Waals surface area (Å²) >= 11 is 1.59. The molecule has 1 amide bonds. The fourth-order valence-corrected chi connectivity index (χ4v) is 3.43. The number of thioether (sulfide) groups is 1. The Labute approximate surface area is 137 Å². The van der Waals surface area contributed by atoms with Crippen molar-refractivity contribution >= 4 is 17.7 Å². The predicted octanol–water partition coefficient (Wildman–Crippen LogP) is 1.43. The molecule has 2 heterocycles. The highest BCUT2D eigenvalue weighted by atomic mass is 32.2. The van der Waals surface area contributed by atoms with Gasteiger partial charge in [-0.1, -0.05) is 0 Å². The van der Waals surface area contributed by atoms with Gasteiger partial charge >= 0.3 is 0 Å². The summed E-state index contributed by atoms with van der Waals surface area (Å²) in [6.07, 6.45) is 3.95. The Bertz CT molecular complexity index is 494. The van der Waals surface area contributed by atoms with Crippen LogP contribution in [0.3, 0.4) is 0 Å².